The summed E-state index contributed by atoms with van der Waals surface area (Å²) >= 11 is 0. The molecular formula is C13H16N4O. The Morgan fingerprint density at radius 2 is 2.28 bits per heavy atom. The molecule has 0 radical (unpaired) electrons. The van der Waals surface area contributed by atoms with Gasteiger partial charge in [0, 0.05) is 18.8 Å². The molecule has 5 heteroatoms. The zero-order valence-corrected chi connectivity index (χ0v) is 10.8. The monoisotopic (exact) mass is 244 g/mol. The first kappa shape index (κ1) is 12.4. The zero-order chi connectivity index (χ0) is 13.3. The molecule has 0 aromatic carbocycles. The van der Waals surface area contributed by atoms with Crippen molar-refractivity contribution in [3.05, 3.63) is 22.9 Å². The molecular weight excluding hydrogens is 228 g/mol. The van der Waals surface area contributed by atoms with Crippen LogP contribution in [0.1, 0.15) is 23.7 Å². The highest BCUT2D eigenvalue weighted by Crippen LogP contribution is 2.24. The minimum Gasteiger partial charge on any atom is -0.353 e. The lowest BCUT2D eigenvalue weighted by atomic mass is 10.1. The molecule has 2 rings (SSSR count). The highest BCUT2D eigenvalue weighted by atomic mass is 16.2. The number of carbonyl (C=O) groups excluding carboxylic acids is 1. The number of piperazine rings is 1. The van der Waals surface area contributed by atoms with Crippen LogP contribution in [0, 0.1) is 25.2 Å². The average Bonchev–Trinajstić information content (AvgIpc) is 2.32. The predicted molar refractivity (Wildman–Crippen MR) is 68.2 cm³/mol. The van der Waals surface area contributed by atoms with Crippen molar-refractivity contribution >= 4 is 11.7 Å². The van der Waals surface area contributed by atoms with E-state index in [0.29, 0.717) is 24.5 Å². The fourth-order valence-corrected chi connectivity index (χ4v) is 2.23. The van der Waals surface area contributed by atoms with Gasteiger partial charge in [0.15, 0.2) is 0 Å². The molecule has 1 aromatic rings. The number of pyridine rings is 1. The SMILES string of the molecule is Cc1cc(C)c(C#N)c(N2CCNC(=O)C2C)n1. The molecule has 0 aliphatic carbocycles. The van der Waals surface area contributed by atoms with Crippen LogP contribution in [0.5, 0.6) is 0 Å². The summed E-state index contributed by atoms with van der Waals surface area (Å²) in [7, 11) is 0. The van der Waals surface area contributed by atoms with E-state index in [4.69, 9.17) is 0 Å². The molecule has 1 aromatic heterocycles. The van der Waals surface area contributed by atoms with E-state index >= 15 is 0 Å². The van der Waals surface area contributed by atoms with E-state index in [1.165, 1.54) is 0 Å². The molecule has 0 bridgehead atoms. The standard InChI is InChI=1S/C13H16N4O/c1-8-6-9(2)16-12(11(8)7-14)17-5-4-15-13(18)10(17)3/h6,10H,4-5H2,1-3H3,(H,15,18). The Balaban J connectivity index is 2.50. The normalized spacial score (nSPS) is 19.3. The molecule has 2 heterocycles. The molecule has 18 heavy (non-hydrogen) atoms. The lowest BCUT2D eigenvalue weighted by Gasteiger charge is -2.34. The molecule has 1 aliphatic rings. The first-order valence-electron chi connectivity index (χ1n) is 5.97. The summed E-state index contributed by atoms with van der Waals surface area (Å²) in [4.78, 5) is 18.0. The van der Waals surface area contributed by atoms with Crippen molar-refractivity contribution in [1.82, 2.24) is 10.3 Å². The number of nitrogens with one attached hydrogen (secondary N) is 1. The van der Waals surface area contributed by atoms with E-state index in [2.05, 4.69) is 16.4 Å². The molecule has 0 spiro atoms. The van der Waals surface area contributed by atoms with Crippen molar-refractivity contribution in [2.75, 3.05) is 18.0 Å². The van der Waals surface area contributed by atoms with E-state index in [-0.39, 0.29) is 11.9 Å². The Hall–Kier alpha value is -2.09. The third-order valence-corrected chi connectivity index (χ3v) is 3.21. The maximum Gasteiger partial charge on any atom is 0.242 e. The maximum absolute atomic E-state index is 11.7. The molecule has 1 N–H and O–H groups in total. The lowest BCUT2D eigenvalue weighted by Crippen LogP contribution is -2.54. The Kier molecular flexibility index (Phi) is 3.19. The molecule has 1 amide bonds. The van der Waals surface area contributed by atoms with Crippen LogP contribution in [-0.4, -0.2) is 30.0 Å². The summed E-state index contributed by atoms with van der Waals surface area (Å²) in [6.07, 6.45) is 0. The van der Waals surface area contributed by atoms with Crippen LogP contribution < -0.4 is 10.2 Å². The number of nitriles is 1. The molecule has 0 saturated carbocycles. The topological polar surface area (TPSA) is 69.0 Å². The van der Waals surface area contributed by atoms with Gasteiger partial charge in [0.2, 0.25) is 5.91 Å². The van der Waals surface area contributed by atoms with Gasteiger partial charge >= 0.3 is 0 Å². The lowest BCUT2D eigenvalue weighted by molar-refractivity contribution is -0.122. The second kappa shape index (κ2) is 4.65. The minimum atomic E-state index is -0.292. The summed E-state index contributed by atoms with van der Waals surface area (Å²) in [6.45, 7) is 6.88. The van der Waals surface area contributed by atoms with E-state index in [1.54, 1.807) is 0 Å². The number of nitrogens with zero attached hydrogens (tertiary/aromatic N) is 3. The Morgan fingerprint density at radius 3 is 2.94 bits per heavy atom. The quantitative estimate of drug-likeness (QED) is 0.796. The second-order valence-electron chi connectivity index (χ2n) is 4.55. The van der Waals surface area contributed by atoms with Crippen LogP contribution in [0.15, 0.2) is 6.07 Å². The second-order valence-corrected chi connectivity index (χ2v) is 4.55. The number of aromatic nitrogens is 1. The highest BCUT2D eigenvalue weighted by Gasteiger charge is 2.28. The van der Waals surface area contributed by atoms with Crippen molar-refractivity contribution in [2.24, 2.45) is 0 Å². The first-order chi connectivity index (χ1) is 8.54. The minimum absolute atomic E-state index is 0.0221. The van der Waals surface area contributed by atoms with E-state index in [0.717, 1.165) is 11.3 Å². The van der Waals surface area contributed by atoms with Crippen LogP contribution in [0.3, 0.4) is 0 Å². The zero-order valence-electron chi connectivity index (χ0n) is 10.8. The predicted octanol–water partition coefficient (Wildman–Crippen LogP) is 0.895. The van der Waals surface area contributed by atoms with Crippen LogP contribution in [-0.2, 0) is 4.79 Å². The fourth-order valence-electron chi connectivity index (χ4n) is 2.23. The summed E-state index contributed by atoms with van der Waals surface area (Å²) < 4.78 is 0. The Labute approximate surface area is 106 Å². The van der Waals surface area contributed by atoms with Gasteiger partial charge in [0.1, 0.15) is 17.9 Å². The van der Waals surface area contributed by atoms with Crippen molar-refractivity contribution in [1.29, 1.82) is 5.26 Å². The van der Waals surface area contributed by atoms with Crippen molar-refractivity contribution in [3.63, 3.8) is 0 Å². The molecule has 1 fully saturated rings. The number of hydrogen-bond acceptors (Lipinski definition) is 4. The van der Waals surface area contributed by atoms with Crippen LogP contribution >= 0.6 is 0 Å². The van der Waals surface area contributed by atoms with Gasteiger partial charge in [-0.15, -0.1) is 0 Å². The highest BCUT2D eigenvalue weighted by molar-refractivity contribution is 5.86. The number of aryl methyl sites for hydroxylation is 2. The Bertz CT molecular complexity index is 533. The van der Waals surface area contributed by atoms with Gasteiger partial charge in [0.05, 0.1) is 5.56 Å². The Morgan fingerprint density at radius 1 is 1.56 bits per heavy atom. The van der Waals surface area contributed by atoms with Gasteiger partial charge < -0.3 is 10.2 Å². The van der Waals surface area contributed by atoms with Gasteiger partial charge in [-0.2, -0.15) is 5.26 Å². The molecule has 1 atom stereocenters. The van der Waals surface area contributed by atoms with Crippen molar-refractivity contribution in [3.8, 4) is 6.07 Å². The third-order valence-electron chi connectivity index (χ3n) is 3.21. The van der Waals surface area contributed by atoms with E-state index < -0.39 is 0 Å². The largest absolute Gasteiger partial charge is 0.353 e. The van der Waals surface area contributed by atoms with Crippen molar-refractivity contribution < 1.29 is 4.79 Å². The smallest absolute Gasteiger partial charge is 0.242 e. The van der Waals surface area contributed by atoms with Crippen molar-refractivity contribution in [2.45, 2.75) is 26.8 Å². The molecule has 1 unspecified atom stereocenters. The fraction of sp³-hybridized carbons (Fsp3) is 0.462. The molecule has 5 nitrogen and oxygen atoms in total. The van der Waals surface area contributed by atoms with E-state index in [9.17, 15) is 10.1 Å². The van der Waals surface area contributed by atoms with Gasteiger partial charge in [0.25, 0.3) is 0 Å². The summed E-state index contributed by atoms with van der Waals surface area (Å²) in [5.74, 6) is 0.600. The maximum atomic E-state index is 11.7. The summed E-state index contributed by atoms with van der Waals surface area (Å²) in [5.41, 5.74) is 2.32. The third kappa shape index (κ3) is 2.02. The molecule has 94 valence electrons. The number of amides is 1. The van der Waals surface area contributed by atoms with Gasteiger partial charge in [-0.1, -0.05) is 0 Å². The summed E-state index contributed by atoms with van der Waals surface area (Å²) in [6, 6.07) is 3.78. The van der Waals surface area contributed by atoms with Gasteiger partial charge in [-0.25, -0.2) is 4.98 Å². The van der Waals surface area contributed by atoms with E-state index in [1.807, 2.05) is 31.7 Å². The van der Waals surface area contributed by atoms with Gasteiger partial charge in [-0.3, -0.25) is 4.79 Å². The van der Waals surface area contributed by atoms with Crippen LogP contribution in [0.25, 0.3) is 0 Å². The van der Waals surface area contributed by atoms with Gasteiger partial charge in [-0.05, 0) is 32.4 Å². The summed E-state index contributed by atoms with van der Waals surface area (Å²) in [5, 5.41) is 12.1. The molecule has 1 saturated heterocycles. The number of anilines is 1. The van der Waals surface area contributed by atoms with Crippen LogP contribution in [0.4, 0.5) is 5.82 Å². The average molecular weight is 244 g/mol. The molecule has 1 aliphatic heterocycles. The number of rotatable bonds is 1. The van der Waals surface area contributed by atoms with Crippen LogP contribution in [0.2, 0.25) is 0 Å². The number of carbonyl (C=O) groups is 1. The first-order valence-corrected chi connectivity index (χ1v) is 5.97. The number of hydrogen-bond donors (Lipinski definition) is 1.